The van der Waals surface area contributed by atoms with E-state index in [4.69, 9.17) is 4.74 Å². The van der Waals surface area contributed by atoms with Crippen molar-refractivity contribution in [2.75, 3.05) is 0 Å². The second-order valence-corrected chi connectivity index (χ2v) is 5.29. The SMILES string of the molecule is CCC(C)C1CC(C)C2=C(CCCC2=O)O1. The van der Waals surface area contributed by atoms with Gasteiger partial charge in [0, 0.05) is 18.4 Å². The minimum absolute atomic E-state index is 0.324. The fraction of sp³-hybridized carbons (Fsp3) is 0.786. The van der Waals surface area contributed by atoms with Crippen LogP contribution in [0.15, 0.2) is 11.3 Å². The minimum atomic E-state index is 0.324. The van der Waals surface area contributed by atoms with Crippen molar-refractivity contribution in [3.63, 3.8) is 0 Å². The Labute approximate surface area is 98.1 Å². The van der Waals surface area contributed by atoms with E-state index >= 15 is 0 Å². The summed E-state index contributed by atoms with van der Waals surface area (Å²) in [5, 5.41) is 0. The van der Waals surface area contributed by atoms with Crippen molar-refractivity contribution in [2.24, 2.45) is 11.8 Å². The Hall–Kier alpha value is -0.790. The molecule has 2 heteroatoms. The summed E-state index contributed by atoms with van der Waals surface area (Å²) < 4.78 is 6.04. The van der Waals surface area contributed by atoms with E-state index in [0.29, 0.717) is 23.7 Å². The summed E-state index contributed by atoms with van der Waals surface area (Å²) in [6.07, 6.45) is 5.15. The molecule has 0 fully saturated rings. The molecule has 0 aromatic carbocycles. The Balaban J connectivity index is 2.20. The maximum atomic E-state index is 11.8. The Morgan fingerprint density at radius 3 is 2.88 bits per heavy atom. The number of carbonyl (C=O) groups excluding carboxylic acids is 1. The molecule has 1 aliphatic heterocycles. The van der Waals surface area contributed by atoms with E-state index < -0.39 is 0 Å². The predicted octanol–water partition coefficient (Wildman–Crippen LogP) is 3.46. The molecular formula is C14H22O2. The fourth-order valence-corrected chi connectivity index (χ4v) is 2.81. The van der Waals surface area contributed by atoms with Gasteiger partial charge >= 0.3 is 0 Å². The molecule has 0 N–H and O–H groups in total. The second kappa shape index (κ2) is 4.60. The van der Waals surface area contributed by atoms with Gasteiger partial charge in [0.25, 0.3) is 0 Å². The lowest BCUT2D eigenvalue weighted by Gasteiger charge is -2.36. The van der Waals surface area contributed by atoms with E-state index in [9.17, 15) is 4.79 Å². The molecule has 16 heavy (non-hydrogen) atoms. The number of Topliss-reactive ketones (excluding diaryl/α,β-unsaturated/α-hetero) is 1. The van der Waals surface area contributed by atoms with Crippen molar-refractivity contribution in [3.05, 3.63) is 11.3 Å². The molecule has 0 bridgehead atoms. The van der Waals surface area contributed by atoms with Crippen molar-refractivity contribution >= 4 is 5.78 Å². The molecule has 0 spiro atoms. The molecule has 0 aromatic rings. The van der Waals surface area contributed by atoms with Gasteiger partial charge in [-0.05, 0) is 24.7 Å². The van der Waals surface area contributed by atoms with Crippen LogP contribution in [-0.4, -0.2) is 11.9 Å². The number of ether oxygens (including phenoxy) is 1. The highest BCUT2D eigenvalue weighted by molar-refractivity contribution is 5.97. The topological polar surface area (TPSA) is 26.3 Å². The molecule has 3 unspecified atom stereocenters. The molecule has 0 amide bonds. The Kier molecular flexibility index (Phi) is 3.36. The zero-order chi connectivity index (χ0) is 11.7. The van der Waals surface area contributed by atoms with Gasteiger partial charge in [0.1, 0.15) is 11.9 Å². The molecule has 0 aromatic heterocycles. The molecule has 0 saturated carbocycles. The van der Waals surface area contributed by atoms with Crippen molar-refractivity contribution in [1.29, 1.82) is 0 Å². The lowest BCUT2D eigenvalue weighted by molar-refractivity contribution is -0.118. The number of ketones is 1. The summed E-state index contributed by atoms with van der Waals surface area (Å²) in [4.78, 5) is 11.8. The molecule has 0 radical (unpaired) electrons. The minimum Gasteiger partial charge on any atom is -0.494 e. The third-order valence-corrected chi connectivity index (χ3v) is 4.06. The number of carbonyl (C=O) groups is 1. The number of hydrogen-bond donors (Lipinski definition) is 0. The van der Waals surface area contributed by atoms with Crippen molar-refractivity contribution < 1.29 is 9.53 Å². The smallest absolute Gasteiger partial charge is 0.162 e. The molecule has 3 atom stereocenters. The van der Waals surface area contributed by atoms with Crippen molar-refractivity contribution in [3.8, 4) is 0 Å². The van der Waals surface area contributed by atoms with Crippen molar-refractivity contribution in [1.82, 2.24) is 0 Å². The Morgan fingerprint density at radius 1 is 1.44 bits per heavy atom. The van der Waals surface area contributed by atoms with Gasteiger partial charge in [0.15, 0.2) is 5.78 Å². The average molecular weight is 222 g/mol. The van der Waals surface area contributed by atoms with E-state index in [-0.39, 0.29) is 0 Å². The maximum absolute atomic E-state index is 11.8. The molecule has 2 nitrogen and oxygen atoms in total. The lowest BCUT2D eigenvalue weighted by Crippen LogP contribution is -2.33. The first-order valence-electron chi connectivity index (χ1n) is 6.56. The number of allylic oxidation sites excluding steroid dienone is 2. The molecule has 0 saturated heterocycles. The summed E-state index contributed by atoms with van der Waals surface area (Å²) in [7, 11) is 0. The number of rotatable bonds is 2. The van der Waals surface area contributed by atoms with Gasteiger partial charge in [0.05, 0.1) is 0 Å². The van der Waals surface area contributed by atoms with Gasteiger partial charge in [0.2, 0.25) is 0 Å². The van der Waals surface area contributed by atoms with E-state index in [1.54, 1.807) is 0 Å². The zero-order valence-electron chi connectivity index (χ0n) is 10.6. The van der Waals surface area contributed by atoms with Crippen LogP contribution in [0, 0.1) is 11.8 Å². The molecule has 2 rings (SSSR count). The summed E-state index contributed by atoms with van der Waals surface area (Å²) in [5.41, 5.74) is 1.01. The highest BCUT2D eigenvalue weighted by Crippen LogP contribution is 2.38. The van der Waals surface area contributed by atoms with Crippen molar-refractivity contribution in [2.45, 2.75) is 59.0 Å². The second-order valence-electron chi connectivity index (χ2n) is 5.29. The van der Waals surface area contributed by atoms with Crippen LogP contribution < -0.4 is 0 Å². The quantitative estimate of drug-likeness (QED) is 0.715. The van der Waals surface area contributed by atoms with Crippen LogP contribution in [0.3, 0.4) is 0 Å². The standard InChI is InChI=1S/C14H22O2/c1-4-9(2)13-8-10(3)14-11(15)6-5-7-12(14)16-13/h9-10,13H,4-8H2,1-3H3. The van der Waals surface area contributed by atoms with Crippen LogP contribution in [0.5, 0.6) is 0 Å². The first kappa shape index (κ1) is 11.7. The maximum Gasteiger partial charge on any atom is 0.162 e. The summed E-state index contributed by atoms with van der Waals surface area (Å²) in [6.45, 7) is 6.62. The summed E-state index contributed by atoms with van der Waals surface area (Å²) >= 11 is 0. The van der Waals surface area contributed by atoms with Crippen LogP contribution >= 0.6 is 0 Å². The highest BCUT2D eigenvalue weighted by Gasteiger charge is 2.35. The van der Waals surface area contributed by atoms with E-state index in [0.717, 1.165) is 43.4 Å². The molecular weight excluding hydrogens is 200 g/mol. The summed E-state index contributed by atoms with van der Waals surface area (Å²) in [5.74, 6) is 2.33. The van der Waals surface area contributed by atoms with Gasteiger partial charge in [-0.15, -0.1) is 0 Å². The van der Waals surface area contributed by atoms with Crippen LogP contribution in [-0.2, 0) is 9.53 Å². The Bertz CT molecular complexity index is 317. The monoisotopic (exact) mass is 222 g/mol. The van der Waals surface area contributed by atoms with Crippen LogP contribution in [0.4, 0.5) is 0 Å². The van der Waals surface area contributed by atoms with Gasteiger partial charge in [-0.3, -0.25) is 4.79 Å². The zero-order valence-corrected chi connectivity index (χ0v) is 10.6. The van der Waals surface area contributed by atoms with E-state index in [1.807, 2.05) is 0 Å². The molecule has 2 aliphatic rings. The predicted molar refractivity (Wildman–Crippen MR) is 64.0 cm³/mol. The highest BCUT2D eigenvalue weighted by atomic mass is 16.5. The van der Waals surface area contributed by atoms with E-state index in [2.05, 4.69) is 20.8 Å². The average Bonchev–Trinajstić information content (AvgIpc) is 2.27. The van der Waals surface area contributed by atoms with Gasteiger partial charge in [-0.2, -0.15) is 0 Å². The largest absolute Gasteiger partial charge is 0.494 e. The van der Waals surface area contributed by atoms with Crippen LogP contribution in [0.2, 0.25) is 0 Å². The lowest BCUT2D eigenvalue weighted by atomic mass is 9.80. The first-order chi connectivity index (χ1) is 7.63. The van der Waals surface area contributed by atoms with Crippen LogP contribution in [0.1, 0.15) is 52.9 Å². The molecule has 1 aliphatic carbocycles. The van der Waals surface area contributed by atoms with Crippen LogP contribution in [0.25, 0.3) is 0 Å². The molecule has 90 valence electrons. The van der Waals surface area contributed by atoms with Gasteiger partial charge in [-0.1, -0.05) is 27.2 Å². The third kappa shape index (κ3) is 2.02. The van der Waals surface area contributed by atoms with Gasteiger partial charge < -0.3 is 4.74 Å². The van der Waals surface area contributed by atoms with E-state index in [1.165, 1.54) is 0 Å². The normalized spacial score (nSPS) is 32.1. The fourth-order valence-electron chi connectivity index (χ4n) is 2.81. The first-order valence-corrected chi connectivity index (χ1v) is 6.56. The number of hydrogen-bond acceptors (Lipinski definition) is 2. The molecule has 1 heterocycles. The van der Waals surface area contributed by atoms with Gasteiger partial charge in [-0.25, -0.2) is 0 Å². The Morgan fingerprint density at radius 2 is 2.19 bits per heavy atom. The third-order valence-electron chi connectivity index (χ3n) is 4.06. The summed E-state index contributed by atoms with van der Waals surface area (Å²) in [6, 6.07) is 0.